The van der Waals surface area contributed by atoms with Gasteiger partial charge in [-0.15, -0.1) is 0 Å². The van der Waals surface area contributed by atoms with Gasteiger partial charge in [-0.1, -0.05) is 6.07 Å². The lowest BCUT2D eigenvalue weighted by atomic mass is 9.92. The zero-order valence-corrected chi connectivity index (χ0v) is 10.6. The van der Waals surface area contributed by atoms with Crippen molar-refractivity contribution in [2.24, 2.45) is 0 Å². The van der Waals surface area contributed by atoms with Crippen LogP contribution in [0.1, 0.15) is 30.7 Å². The zero-order valence-electron chi connectivity index (χ0n) is 10.6. The second-order valence-corrected chi connectivity index (χ2v) is 5.02. The van der Waals surface area contributed by atoms with Crippen LogP contribution in [0.5, 0.6) is 5.88 Å². The second-order valence-electron chi connectivity index (χ2n) is 5.02. The van der Waals surface area contributed by atoms with Crippen LogP contribution in [-0.2, 0) is 4.74 Å². The Morgan fingerprint density at radius 2 is 2.17 bits per heavy atom. The standard InChI is InChI=1S/C14H20N2O2/c1-2-13(11-4-8-17-9-5-11)14(16-6-1)18-12-3-7-15-10-12/h1-2,6,11-12,15H,3-5,7-10H2/t12-/m0/s1. The lowest BCUT2D eigenvalue weighted by Crippen LogP contribution is -2.22. The summed E-state index contributed by atoms with van der Waals surface area (Å²) in [5, 5.41) is 3.32. The Kier molecular flexibility index (Phi) is 3.76. The van der Waals surface area contributed by atoms with Crippen molar-refractivity contribution in [1.82, 2.24) is 10.3 Å². The van der Waals surface area contributed by atoms with E-state index in [4.69, 9.17) is 9.47 Å². The SMILES string of the molecule is c1cnc(O[C@H]2CCNC2)c(C2CCOCC2)c1. The van der Waals surface area contributed by atoms with Gasteiger partial charge in [-0.3, -0.25) is 0 Å². The highest BCUT2D eigenvalue weighted by Crippen LogP contribution is 2.32. The number of hydrogen-bond acceptors (Lipinski definition) is 4. The Morgan fingerprint density at radius 1 is 1.28 bits per heavy atom. The fourth-order valence-corrected chi connectivity index (χ4v) is 2.71. The fraction of sp³-hybridized carbons (Fsp3) is 0.643. The topological polar surface area (TPSA) is 43.4 Å². The van der Waals surface area contributed by atoms with E-state index in [9.17, 15) is 0 Å². The van der Waals surface area contributed by atoms with Crippen LogP contribution >= 0.6 is 0 Å². The Hall–Kier alpha value is -1.13. The maximum Gasteiger partial charge on any atom is 0.217 e. The van der Waals surface area contributed by atoms with Crippen LogP contribution in [0.15, 0.2) is 18.3 Å². The van der Waals surface area contributed by atoms with Gasteiger partial charge in [0.25, 0.3) is 0 Å². The van der Waals surface area contributed by atoms with Gasteiger partial charge < -0.3 is 14.8 Å². The number of nitrogens with zero attached hydrogens (tertiary/aromatic N) is 1. The summed E-state index contributed by atoms with van der Waals surface area (Å²) in [6.45, 7) is 3.68. The Morgan fingerprint density at radius 3 is 2.94 bits per heavy atom. The first-order valence-electron chi connectivity index (χ1n) is 6.83. The first-order valence-corrected chi connectivity index (χ1v) is 6.83. The molecule has 0 saturated carbocycles. The van der Waals surface area contributed by atoms with E-state index < -0.39 is 0 Å². The quantitative estimate of drug-likeness (QED) is 0.884. The lowest BCUT2D eigenvalue weighted by molar-refractivity contribution is 0.0839. The molecule has 0 aliphatic carbocycles. The smallest absolute Gasteiger partial charge is 0.217 e. The van der Waals surface area contributed by atoms with Crippen LogP contribution < -0.4 is 10.1 Å². The molecule has 18 heavy (non-hydrogen) atoms. The fourth-order valence-electron chi connectivity index (χ4n) is 2.71. The van der Waals surface area contributed by atoms with Crippen LogP contribution in [0.3, 0.4) is 0 Å². The highest BCUT2D eigenvalue weighted by atomic mass is 16.5. The van der Waals surface area contributed by atoms with Gasteiger partial charge in [0.1, 0.15) is 6.10 Å². The summed E-state index contributed by atoms with van der Waals surface area (Å²) in [4.78, 5) is 4.43. The number of aromatic nitrogens is 1. The van der Waals surface area contributed by atoms with E-state index in [0.717, 1.165) is 51.4 Å². The van der Waals surface area contributed by atoms with Crippen molar-refractivity contribution in [3.63, 3.8) is 0 Å². The van der Waals surface area contributed by atoms with Crippen molar-refractivity contribution in [2.75, 3.05) is 26.3 Å². The predicted molar refractivity (Wildman–Crippen MR) is 68.9 cm³/mol. The van der Waals surface area contributed by atoms with Crippen LogP contribution in [-0.4, -0.2) is 37.4 Å². The molecule has 3 rings (SSSR count). The van der Waals surface area contributed by atoms with Gasteiger partial charge in [-0.05, 0) is 37.8 Å². The minimum absolute atomic E-state index is 0.276. The van der Waals surface area contributed by atoms with E-state index in [-0.39, 0.29) is 6.10 Å². The molecular weight excluding hydrogens is 228 g/mol. The first kappa shape index (κ1) is 11.9. The minimum atomic E-state index is 0.276. The minimum Gasteiger partial charge on any atom is -0.473 e. The van der Waals surface area contributed by atoms with Gasteiger partial charge in [0.2, 0.25) is 5.88 Å². The number of rotatable bonds is 3. The Balaban J connectivity index is 1.75. The van der Waals surface area contributed by atoms with Crippen molar-refractivity contribution >= 4 is 0 Å². The normalized spacial score (nSPS) is 25.2. The van der Waals surface area contributed by atoms with E-state index in [1.165, 1.54) is 5.56 Å². The van der Waals surface area contributed by atoms with Crippen LogP contribution in [0.25, 0.3) is 0 Å². The zero-order chi connectivity index (χ0) is 12.2. The van der Waals surface area contributed by atoms with Gasteiger partial charge in [0.15, 0.2) is 0 Å². The van der Waals surface area contributed by atoms with Crippen LogP contribution in [0.4, 0.5) is 0 Å². The van der Waals surface area contributed by atoms with E-state index in [2.05, 4.69) is 16.4 Å². The summed E-state index contributed by atoms with van der Waals surface area (Å²) in [7, 11) is 0. The van der Waals surface area contributed by atoms with Gasteiger partial charge >= 0.3 is 0 Å². The molecule has 1 aromatic rings. The molecule has 1 atom stereocenters. The molecular formula is C14H20N2O2. The average Bonchev–Trinajstić information content (AvgIpc) is 2.93. The Labute approximate surface area is 108 Å². The van der Waals surface area contributed by atoms with Crippen molar-refractivity contribution in [3.05, 3.63) is 23.9 Å². The molecule has 0 amide bonds. The maximum absolute atomic E-state index is 6.05. The van der Waals surface area contributed by atoms with E-state index in [1.54, 1.807) is 0 Å². The molecule has 1 aromatic heterocycles. The molecule has 0 radical (unpaired) electrons. The molecule has 0 aromatic carbocycles. The first-order chi connectivity index (χ1) is 8.93. The molecule has 2 fully saturated rings. The molecule has 0 bridgehead atoms. The predicted octanol–water partition coefficient (Wildman–Crippen LogP) is 1.72. The third-order valence-corrected chi connectivity index (χ3v) is 3.76. The summed E-state index contributed by atoms with van der Waals surface area (Å²) in [5.74, 6) is 1.37. The Bertz CT molecular complexity index is 385. The molecule has 2 saturated heterocycles. The molecule has 2 aliphatic heterocycles. The monoisotopic (exact) mass is 248 g/mol. The number of hydrogen-bond donors (Lipinski definition) is 1. The van der Waals surface area contributed by atoms with Crippen LogP contribution in [0.2, 0.25) is 0 Å². The summed E-state index contributed by atoms with van der Waals surface area (Å²) in [6.07, 6.45) is 5.32. The second kappa shape index (κ2) is 5.67. The molecule has 2 aliphatic rings. The van der Waals surface area contributed by atoms with Gasteiger partial charge in [-0.25, -0.2) is 4.98 Å². The molecule has 4 nitrogen and oxygen atoms in total. The van der Waals surface area contributed by atoms with Gasteiger partial charge in [-0.2, -0.15) is 0 Å². The maximum atomic E-state index is 6.05. The van der Waals surface area contributed by atoms with Crippen molar-refractivity contribution < 1.29 is 9.47 Å². The molecule has 1 N–H and O–H groups in total. The van der Waals surface area contributed by atoms with Gasteiger partial charge in [0, 0.05) is 31.5 Å². The third-order valence-electron chi connectivity index (χ3n) is 3.76. The number of ether oxygens (including phenoxy) is 2. The summed E-state index contributed by atoms with van der Waals surface area (Å²) in [6, 6.07) is 4.16. The molecule has 98 valence electrons. The molecule has 0 spiro atoms. The van der Waals surface area contributed by atoms with Crippen molar-refractivity contribution in [3.8, 4) is 5.88 Å². The number of pyridine rings is 1. The van der Waals surface area contributed by atoms with Crippen molar-refractivity contribution in [1.29, 1.82) is 0 Å². The highest BCUT2D eigenvalue weighted by Gasteiger charge is 2.23. The lowest BCUT2D eigenvalue weighted by Gasteiger charge is -2.24. The average molecular weight is 248 g/mol. The van der Waals surface area contributed by atoms with Crippen molar-refractivity contribution in [2.45, 2.75) is 31.3 Å². The van der Waals surface area contributed by atoms with Gasteiger partial charge in [0.05, 0.1) is 0 Å². The van der Waals surface area contributed by atoms with Crippen LogP contribution in [0, 0.1) is 0 Å². The van der Waals surface area contributed by atoms with E-state index in [0.29, 0.717) is 5.92 Å². The van der Waals surface area contributed by atoms with E-state index in [1.807, 2.05) is 12.3 Å². The van der Waals surface area contributed by atoms with E-state index >= 15 is 0 Å². The largest absolute Gasteiger partial charge is 0.473 e. The summed E-state index contributed by atoms with van der Waals surface area (Å²) in [5.41, 5.74) is 1.26. The number of nitrogens with one attached hydrogen (secondary N) is 1. The summed E-state index contributed by atoms with van der Waals surface area (Å²) >= 11 is 0. The molecule has 0 unspecified atom stereocenters. The molecule has 4 heteroatoms. The molecule has 3 heterocycles. The highest BCUT2D eigenvalue weighted by molar-refractivity contribution is 5.30. The summed E-state index contributed by atoms with van der Waals surface area (Å²) < 4.78 is 11.5. The third kappa shape index (κ3) is 2.65.